The molecule has 3 heterocycles. The van der Waals surface area contributed by atoms with E-state index in [2.05, 4.69) is 22.0 Å². The SMILES string of the molecule is CCNC(=NCC1CCN(c2ccc(F)c(F)c2)C1)N1CCC2(CCOC2)C1.I. The highest BCUT2D eigenvalue weighted by Gasteiger charge is 2.42. The molecule has 0 radical (unpaired) electrons. The van der Waals surface area contributed by atoms with Gasteiger partial charge in [0.1, 0.15) is 0 Å². The van der Waals surface area contributed by atoms with Crippen molar-refractivity contribution in [2.45, 2.75) is 26.2 Å². The van der Waals surface area contributed by atoms with Crippen LogP contribution in [0.25, 0.3) is 0 Å². The molecule has 8 heteroatoms. The van der Waals surface area contributed by atoms with Crippen LogP contribution in [-0.2, 0) is 4.74 Å². The van der Waals surface area contributed by atoms with Gasteiger partial charge in [0.2, 0.25) is 0 Å². The largest absolute Gasteiger partial charge is 0.381 e. The van der Waals surface area contributed by atoms with Crippen molar-refractivity contribution in [2.75, 3.05) is 57.4 Å². The smallest absolute Gasteiger partial charge is 0.193 e. The summed E-state index contributed by atoms with van der Waals surface area (Å²) in [4.78, 5) is 9.42. The highest BCUT2D eigenvalue weighted by Crippen LogP contribution is 2.38. The van der Waals surface area contributed by atoms with Gasteiger partial charge in [0.15, 0.2) is 17.6 Å². The summed E-state index contributed by atoms with van der Waals surface area (Å²) < 4.78 is 32.3. The summed E-state index contributed by atoms with van der Waals surface area (Å²) in [7, 11) is 0. The molecule has 2 atom stereocenters. The Morgan fingerprint density at radius 3 is 2.86 bits per heavy atom. The van der Waals surface area contributed by atoms with Crippen molar-refractivity contribution in [1.29, 1.82) is 0 Å². The predicted molar refractivity (Wildman–Crippen MR) is 122 cm³/mol. The van der Waals surface area contributed by atoms with E-state index in [0.29, 0.717) is 11.3 Å². The lowest BCUT2D eigenvalue weighted by Gasteiger charge is -2.25. The topological polar surface area (TPSA) is 40.1 Å². The minimum atomic E-state index is -0.796. The van der Waals surface area contributed by atoms with E-state index in [4.69, 9.17) is 9.73 Å². The standard InChI is InChI=1S/C21H30F2N4O.HI/c1-2-24-20(27-9-6-21(14-27)7-10-28-15-21)25-12-16-5-8-26(13-16)17-3-4-18(22)19(23)11-17;/h3-4,11,16H,2,5-10,12-15H2,1H3,(H,24,25);1H. The number of hydrogen-bond acceptors (Lipinski definition) is 3. The molecular weight excluding hydrogens is 489 g/mol. The average Bonchev–Trinajstić information content (AvgIpc) is 3.44. The summed E-state index contributed by atoms with van der Waals surface area (Å²) in [6.45, 7) is 9.18. The Bertz CT molecular complexity index is 727. The highest BCUT2D eigenvalue weighted by atomic mass is 127. The molecule has 3 aliphatic heterocycles. The molecule has 5 nitrogen and oxygen atoms in total. The van der Waals surface area contributed by atoms with Crippen LogP contribution >= 0.6 is 24.0 Å². The first kappa shape index (κ1) is 22.5. The fraction of sp³-hybridized carbons (Fsp3) is 0.667. The number of ether oxygens (including phenoxy) is 1. The Morgan fingerprint density at radius 1 is 1.28 bits per heavy atom. The Kier molecular flexibility index (Phi) is 7.58. The first-order valence-corrected chi connectivity index (χ1v) is 10.4. The number of guanidine groups is 1. The van der Waals surface area contributed by atoms with Crippen molar-refractivity contribution in [1.82, 2.24) is 10.2 Å². The van der Waals surface area contributed by atoms with Gasteiger partial charge in [-0.05, 0) is 44.2 Å². The lowest BCUT2D eigenvalue weighted by Crippen LogP contribution is -2.41. The van der Waals surface area contributed by atoms with E-state index in [1.807, 2.05) is 0 Å². The molecule has 3 aliphatic rings. The second kappa shape index (κ2) is 9.76. The van der Waals surface area contributed by atoms with Crippen molar-refractivity contribution in [3.63, 3.8) is 0 Å². The summed E-state index contributed by atoms with van der Waals surface area (Å²) >= 11 is 0. The number of nitrogens with one attached hydrogen (secondary N) is 1. The van der Waals surface area contributed by atoms with Gasteiger partial charge >= 0.3 is 0 Å². The first-order valence-electron chi connectivity index (χ1n) is 10.4. The van der Waals surface area contributed by atoms with E-state index in [0.717, 1.165) is 77.0 Å². The number of nitrogens with zero attached hydrogens (tertiary/aromatic N) is 3. The molecule has 2 unspecified atom stereocenters. The summed E-state index contributed by atoms with van der Waals surface area (Å²) in [6, 6.07) is 4.15. The molecule has 0 amide bonds. The van der Waals surface area contributed by atoms with Gasteiger partial charge in [-0.15, -0.1) is 24.0 Å². The lowest BCUT2D eigenvalue weighted by molar-refractivity contribution is 0.156. The minimum Gasteiger partial charge on any atom is -0.381 e. The molecule has 1 aromatic carbocycles. The van der Waals surface area contributed by atoms with Crippen LogP contribution in [0.5, 0.6) is 0 Å². The van der Waals surface area contributed by atoms with Gasteiger partial charge in [0, 0.05) is 63.0 Å². The van der Waals surface area contributed by atoms with Gasteiger partial charge in [0.25, 0.3) is 0 Å². The molecule has 1 N–H and O–H groups in total. The monoisotopic (exact) mass is 520 g/mol. The van der Waals surface area contributed by atoms with Crippen LogP contribution in [0.1, 0.15) is 26.2 Å². The second-order valence-corrected chi connectivity index (χ2v) is 8.37. The van der Waals surface area contributed by atoms with Gasteiger partial charge in [-0.1, -0.05) is 0 Å². The van der Waals surface area contributed by atoms with Crippen LogP contribution < -0.4 is 10.2 Å². The molecule has 3 saturated heterocycles. The van der Waals surface area contributed by atoms with Crippen LogP contribution in [-0.4, -0.2) is 63.3 Å². The molecule has 0 saturated carbocycles. The van der Waals surface area contributed by atoms with Crippen molar-refractivity contribution >= 4 is 35.6 Å². The maximum Gasteiger partial charge on any atom is 0.193 e. The third-order valence-electron chi connectivity index (χ3n) is 6.31. The number of anilines is 1. The summed E-state index contributed by atoms with van der Waals surface area (Å²) in [5.74, 6) is -0.159. The maximum atomic E-state index is 13.5. The fourth-order valence-electron chi connectivity index (χ4n) is 4.63. The number of likely N-dealkylation sites (tertiary alicyclic amines) is 1. The normalized spacial score (nSPS) is 27.0. The van der Waals surface area contributed by atoms with Crippen LogP contribution in [0.4, 0.5) is 14.5 Å². The van der Waals surface area contributed by atoms with Gasteiger partial charge in [-0.25, -0.2) is 8.78 Å². The van der Waals surface area contributed by atoms with E-state index in [-0.39, 0.29) is 24.0 Å². The van der Waals surface area contributed by atoms with Crippen molar-refractivity contribution in [3.8, 4) is 0 Å². The highest BCUT2D eigenvalue weighted by molar-refractivity contribution is 14.0. The third-order valence-corrected chi connectivity index (χ3v) is 6.31. The van der Waals surface area contributed by atoms with Gasteiger partial charge < -0.3 is 19.9 Å². The zero-order valence-electron chi connectivity index (χ0n) is 17.0. The minimum absolute atomic E-state index is 0. The molecule has 1 spiro atoms. The number of benzene rings is 1. The molecule has 1 aromatic rings. The van der Waals surface area contributed by atoms with Gasteiger partial charge in [-0.3, -0.25) is 4.99 Å². The van der Waals surface area contributed by atoms with E-state index in [9.17, 15) is 8.78 Å². The Balaban J connectivity index is 0.00000240. The van der Waals surface area contributed by atoms with Crippen molar-refractivity contribution < 1.29 is 13.5 Å². The maximum absolute atomic E-state index is 13.5. The molecule has 0 aromatic heterocycles. The molecule has 29 heavy (non-hydrogen) atoms. The van der Waals surface area contributed by atoms with Crippen LogP contribution in [0.3, 0.4) is 0 Å². The number of hydrogen-bond donors (Lipinski definition) is 1. The summed E-state index contributed by atoms with van der Waals surface area (Å²) in [5.41, 5.74) is 1.06. The van der Waals surface area contributed by atoms with E-state index < -0.39 is 11.6 Å². The van der Waals surface area contributed by atoms with Gasteiger partial charge in [0.05, 0.1) is 6.61 Å². The Morgan fingerprint density at radius 2 is 2.14 bits per heavy atom. The average molecular weight is 520 g/mol. The van der Waals surface area contributed by atoms with Gasteiger partial charge in [-0.2, -0.15) is 0 Å². The van der Waals surface area contributed by atoms with Crippen LogP contribution in [0, 0.1) is 23.0 Å². The van der Waals surface area contributed by atoms with Crippen molar-refractivity contribution in [2.24, 2.45) is 16.3 Å². The molecule has 0 aliphatic carbocycles. The number of rotatable bonds is 4. The van der Waals surface area contributed by atoms with Crippen LogP contribution in [0.2, 0.25) is 0 Å². The molecule has 4 rings (SSSR count). The number of halogens is 3. The van der Waals surface area contributed by atoms with Crippen molar-refractivity contribution in [3.05, 3.63) is 29.8 Å². The molecular formula is C21H31F2IN4O. The lowest BCUT2D eigenvalue weighted by atomic mass is 9.87. The second-order valence-electron chi connectivity index (χ2n) is 8.37. The van der Waals surface area contributed by atoms with E-state index in [1.165, 1.54) is 18.6 Å². The molecule has 3 fully saturated rings. The Labute approximate surface area is 188 Å². The predicted octanol–water partition coefficient (Wildman–Crippen LogP) is 3.49. The van der Waals surface area contributed by atoms with E-state index in [1.54, 1.807) is 6.07 Å². The summed E-state index contributed by atoms with van der Waals surface area (Å²) in [5, 5.41) is 3.44. The Hall–Kier alpha value is -1.16. The molecule has 162 valence electrons. The quantitative estimate of drug-likeness (QED) is 0.375. The first-order chi connectivity index (χ1) is 13.6. The van der Waals surface area contributed by atoms with E-state index >= 15 is 0 Å². The third kappa shape index (κ3) is 5.13. The number of aliphatic imine (C=N–C) groups is 1. The fourth-order valence-corrected chi connectivity index (χ4v) is 4.63. The zero-order chi connectivity index (χ0) is 19.6. The summed E-state index contributed by atoms with van der Waals surface area (Å²) in [6.07, 6.45) is 3.33. The molecule has 0 bridgehead atoms. The van der Waals surface area contributed by atoms with Crippen LogP contribution in [0.15, 0.2) is 23.2 Å². The zero-order valence-corrected chi connectivity index (χ0v) is 19.3.